The summed E-state index contributed by atoms with van der Waals surface area (Å²) < 4.78 is 22.8. The Bertz CT molecular complexity index is 499. The Labute approximate surface area is 187 Å². The van der Waals surface area contributed by atoms with Gasteiger partial charge >= 0.3 is 7.12 Å². The van der Waals surface area contributed by atoms with Gasteiger partial charge in [0.05, 0.1) is 11.2 Å². The van der Waals surface area contributed by atoms with Crippen molar-refractivity contribution in [3.05, 3.63) is 12.2 Å². The molecule has 2 rings (SSSR count). The molecule has 1 N–H and O–H groups in total. The summed E-state index contributed by atoms with van der Waals surface area (Å²) in [5, 5.41) is 1.97. The van der Waals surface area contributed by atoms with Gasteiger partial charge in [-0.2, -0.15) is 11.8 Å². The summed E-state index contributed by atoms with van der Waals surface area (Å²) in [6.45, 7) is 17.2. The molecule has 2 aliphatic rings. The first kappa shape index (κ1) is 27.4. The van der Waals surface area contributed by atoms with Crippen molar-refractivity contribution in [3.8, 4) is 0 Å². The van der Waals surface area contributed by atoms with Gasteiger partial charge in [0.15, 0.2) is 0 Å². The standard InChI is InChI=1S/C14H31BO3S.C9H16S/c1-9-11(12(10-2)19(7,8)16)15-17-13(3,4)14(5,6)18-15;1-8(2)10-9-6-4-3-5-7-9/h11-12,16H,9-10H2,1-8H3;3-4,8-9H,5-7H2,1-2H3. The maximum absolute atomic E-state index is 10.5. The Balaban J connectivity index is 0.000000352. The van der Waals surface area contributed by atoms with E-state index >= 15 is 0 Å². The number of allylic oxidation sites excluding steroid dienone is 2. The van der Waals surface area contributed by atoms with Crippen LogP contribution in [0, 0.1) is 0 Å². The van der Waals surface area contributed by atoms with Crippen LogP contribution in [0.2, 0.25) is 5.82 Å². The van der Waals surface area contributed by atoms with Gasteiger partial charge in [0.25, 0.3) is 0 Å². The molecule has 0 amide bonds. The highest BCUT2D eigenvalue weighted by atomic mass is 32.3. The van der Waals surface area contributed by atoms with E-state index in [1.54, 1.807) is 0 Å². The number of hydrogen-bond donors (Lipinski definition) is 1. The lowest BCUT2D eigenvalue weighted by molar-refractivity contribution is 0.00578. The summed E-state index contributed by atoms with van der Waals surface area (Å²) in [7, 11) is -1.81. The molecule has 1 saturated heterocycles. The van der Waals surface area contributed by atoms with Crippen molar-refractivity contribution in [2.75, 3.05) is 12.5 Å². The van der Waals surface area contributed by atoms with Crippen molar-refractivity contribution >= 4 is 29.2 Å². The smallest absolute Gasteiger partial charge is 0.403 e. The molecule has 172 valence electrons. The molecule has 1 aliphatic heterocycles. The number of hydrogen-bond acceptors (Lipinski definition) is 4. The van der Waals surface area contributed by atoms with Gasteiger partial charge in [0.2, 0.25) is 0 Å². The lowest BCUT2D eigenvalue weighted by atomic mass is 9.67. The van der Waals surface area contributed by atoms with Crippen LogP contribution >= 0.6 is 22.1 Å². The molecular formula is C23H47BO3S2. The van der Waals surface area contributed by atoms with Gasteiger partial charge in [-0.1, -0.05) is 46.3 Å². The second-order valence-electron chi connectivity index (χ2n) is 10.1. The van der Waals surface area contributed by atoms with Crippen LogP contribution in [0.5, 0.6) is 0 Å². The summed E-state index contributed by atoms with van der Waals surface area (Å²) in [5.74, 6) is 0.251. The molecule has 1 heterocycles. The van der Waals surface area contributed by atoms with Crippen LogP contribution < -0.4 is 0 Å². The van der Waals surface area contributed by atoms with Crippen molar-refractivity contribution in [2.24, 2.45) is 0 Å². The summed E-state index contributed by atoms with van der Waals surface area (Å²) in [6.07, 6.45) is 14.5. The fourth-order valence-corrected chi connectivity index (χ4v) is 7.36. The van der Waals surface area contributed by atoms with E-state index in [9.17, 15) is 4.55 Å². The third-order valence-electron chi connectivity index (χ3n) is 6.40. The minimum atomic E-state index is -1.60. The van der Waals surface area contributed by atoms with E-state index in [1.807, 2.05) is 12.5 Å². The van der Waals surface area contributed by atoms with E-state index in [0.717, 1.165) is 23.3 Å². The zero-order valence-corrected chi connectivity index (χ0v) is 22.3. The fourth-order valence-electron chi connectivity index (χ4n) is 4.11. The highest BCUT2D eigenvalue weighted by Crippen LogP contribution is 2.52. The predicted molar refractivity (Wildman–Crippen MR) is 136 cm³/mol. The lowest BCUT2D eigenvalue weighted by Gasteiger charge is -2.39. The first-order chi connectivity index (χ1) is 13.2. The Morgan fingerprint density at radius 2 is 1.62 bits per heavy atom. The van der Waals surface area contributed by atoms with Crippen LogP contribution in [0.25, 0.3) is 0 Å². The quantitative estimate of drug-likeness (QED) is 0.326. The van der Waals surface area contributed by atoms with E-state index < -0.39 is 10.3 Å². The maximum atomic E-state index is 10.5. The fraction of sp³-hybridized carbons (Fsp3) is 0.913. The van der Waals surface area contributed by atoms with Crippen LogP contribution in [0.4, 0.5) is 0 Å². The summed E-state index contributed by atoms with van der Waals surface area (Å²) in [5.41, 5.74) is -0.587. The van der Waals surface area contributed by atoms with Gasteiger partial charge in [-0.15, -0.1) is 10.3 Å². The van der Waals surface area contributed by atoms with Gasteiger partial charge < -0.3 is 13.9 Å². The second-order valence-corrected chi connectivity index (χ2v) is 15.3. The molecule has 0 aromatic rings. The minimum Gasteiger partial charge on any atom is -0.403 e. The zero-order valence-electron chi connectivity index (χ0n) is 20.7. The van der Waals surface area contributed by atoms with E-state index in [2.05, 4.69) is 79.3 Å². The zero-order chi connectivity index (χ0) is 22.5. The molecule has 0 saturated carbocycles. The topological polar surface area (TPSA) is 38.7 Å². The van der Waals surface area contributed by atoms with Crippen molar-refractivity contribution in [2.45, 2.75) is 120 Å². The Kier molecular flexibility index (Phi) is 10.7. The van der Waals surface area contributed by atoms with E-state index in [-0.39, 0.29) is 29.4 Å². The van der Waals surface area contributed by atoms with Gasteiger partial charge in [0, 0.05) is 16.3 Å². The molecule has 0 aromatic carbocycles. The minimum absolute atomic E-state index is 0.209. The second kappa shape index (κ2) is 11.3. The SMILES string of the molecule is CC(C)SC1CC=CCC1.CCC(B1OC(C)(C)C(C)(C)O1)C(CC)S(C)(C)O. The van der Waals surface area contributed by atoms with Crippen molar-refractivity contribution in [3.63, 3.8) is 0 Å². The molecule has 1 fully saturated rings. The largest absolute Gasteiger partial charge is 0.462 e. The van der Waals surface area contributed by atoms with Gasteiger partial charge in [0.1, 0.15) is 0 Å². The molecule has 29 heavy (non-hydrogen) atoms. The predicted octanol–water partition coefficient (Wildman–Crippen LogP) is 7.41. The molecule has 0 bridgehead atoms. The number of rotatable bonds is 7. The average molecular weight is 447 g/mol. The third-order valence-corrected chi connectivity index (χ3v) is 9.92. The molecule has 3 unspecified atom stereocenters. The van der Waals surface area contributed by atoms with E-state index in [4.69, 9.17) is 9.31 Å². The Morgan fingerprint density at radius 1 is 1.07 bits per heavy atom. The average Bonchev–Trinajstić information content (AvgIpc) is 2.79. The van der Waals surface area contributed by atoms with Gasteiger partial charge in [-0.25, -0.2) is 0 Å². The normalized spacial score (nSPS) is 26.1. The van der Waals surface area contributed by atoms with Crippen LogP contribution in [0.15, 0.2) is 12.2 Å². The Morgan fingerprint density at radius 3 is 1.97 bits per heavy atom. The maximum Gasteiger partial charge on any atom is 0.462 e. The summed E-state index contributed by atoms with van der Waals surface area (Å²) in [6, 6.07) is 0. The van der Waals surface area contributed by atoms with Crippen molar-refractivity contribution in [1.29, 1.82) is 0 Å². The Hall–Kier alpha value is 0.385. The van der Waals surface area contributed by atoms with Crippen molar-refractivity contribution in [1.82, 2.24) is 0 Å². The summed E-state index contributed by atoms with van der Waals surface area (Å²) in [4.78, 5) is 0. The van der Waals surface area contributed by atoms with E-state index in [1.165, 1.54) is 19.3 Å². The first-order valence-electron chi connectivity index (χ1n) is 11.4. The first-order valence-corrected chi connectivity index (χ1v) is 14.8. The van der Waals surface area contributed by atoms with E-state index in [0.29, 0.717) is 0 Å². The van der Waals surface area contributed by atoms with Gasteiger partial charge in [-0.3, -0.25) is 0 Å². The lowest BCUT2D eigenvalue weighted by Crippen LogP contribution is -2.41. The van der Waals surface area contributed by atoms with Crippen LogP contribution in [0.1, 0.15) is 87.5 Å². The molecule has 1 aliphatic carbocycles. The summed E-state index contributed by atoms with van der Waals surface area (Å²) >= 11 is 2.12. The van der Waals surface area contributed by atoms with Crippen LogP contribution in [0.3, 0.4) is 0 Å². The van der Waals surface area contributed by atoms with Gasteiger partial charge in [-0.05, 0) is 71.1 Å². The monoisotopic (exact) mass is 446 g/mol. The molecule has 3 nitrogen and oxygen atoms in total. The highest BCUT2D eigenvalue weighted by Gasteiger charge is 2.55. The molecular weight excluding hydrogens is 399 g/mol. The number of thioether (sulfide) groups is 1. The molecule has 0 radical (unpaired) electrons. The molecule has 0 aromatic heterocycles. The molecule has 3 atom stereocenters. The van der Waals surface area contributed by atoms with Crippen LogP contribution in [-0.2, 0) is 9.31 Å². The highest BCUT2D eigenvalue weighted by molar-refractivity contribution is 8.28. The van der Waals surface area contributed by atoms with Crippen LogP contribution in [-0.4, -0.2) is 51.1 Å². The molecule has 0 spiro atoms. The third kappa shape index (κ3) is 8.10. The van der Waals surface area contributed by atoms with Crippen molar-refractivity contribution < 1.29 is 13.9 Å². The molecule has 6 heteroatoms.